The number of hydrogen-bond acceptors (Lipinski definition) is 4. The summed E-state index contributed by atoms with van der Waals surface area (Å²) in [6.45, 7) is 6.62. The fourth-order valence-electron chi connectivity index (χ4n) is 3.71. The number of rotatable bonds is 7. The zero-order chi connectivity index (χ0) is 21.8. The summed E-state index contributed by atoms with van der Waals surface area (Å²) in [6, 6.07) is 13.5. The number of benzene rings is 2. The van der Waals surface area contributed by atoms with E-state index in [1.54, 1.807) is 37.3 Å². The lowest BCUT2D eigenvalue weighted by molar-refractivity contribution is -0.126. The Morgan fingerprint density at radius 3 is 2.23 bits per heavy atom. The predicted molar refractivity (Wildman–Crippen MR) is 117 cm³/mol. The van der Waals surface area contributed by atoms with E-state index in [1.165, 1.54) is 5.56 Å². The van der Waals surface area contributed by atoms with Crippen molar-refractivity contribution in [3.63, 3.8) is 0 Å². The molecule has 30 heavy (non-hydrogen) atoms. The minimum absolute atomic E-state index is 0.0729. The van der Waals surface area contributed by atoms with Gasteiger partial charge in [0.2, 0.25) is 11.8 Å². The molecule has 1 fully saturated rings. The van der Waals surface area contributed by atoms with Crippen LogP contribution in [0.1, 0.15) is 50.3 Å². The van der Waals surface area contributed by atoms with Gasteiger partial charge in [-0.15, -0.1) is 0 Å². The average Bonchev–Trinajstić information content (AvgIpc) is 3.15. The molecule has 2 atom stereocenters. The molecule has 6 nitrogen and oxygen atoms in total. The monoisotopic (exact) mass is 410 g/mol. The van der Waals surface area contributed by atoms with Crippen LogP contribution in [0.5, 0.6) is 11.5 Å². The first-order chi connectivity index (χ1) is 14.3. The molecule has 1 aliphatic rings. The van der Waals surface area contributed by atoms with Crippen molar-refractivity contribution < 1.29 is 19.1 Å². The van der Waals surface area contributed by atoms with Crippen LogP contribution in [0.2, 0.25) is 0 Å². The van der Waals surface area contributed by atoms with E-state index in [2.05, 4.69) is 43.4 Å². The molecule has 0 aromatic heterocycles. The molecule has 6 heteroatoms. The molecule has 0 aliphatic carbocycles. The lowest BCUT2D eigenvalue weighted by atomic mass is 9.99. The van der Waals surface area contributed by atoms with E-state index < -0.39 is 0 Å². The molecule has 1 heterocycles. The fourth-order valence-corrected chi connectivity index (χ4v) is 3.71. The molecule has 1 N–H and O–H groups in total. The van der Waals surface area contributed by atoms with Crippen LogP contribution in [-0.4, -0.2) is 32.6 Å². The van der Waals surface area contributed by atoms with E-state index in [9.17, 15) is 9.59 Å². The van der Waals surface area contributed by atoms with Crippen molar-refractivity contribution in [2.45, 2.75) is 39.2 Å². The van der Waals surface area contributed by atoms with Crippen molar-refractivity contribution in [3.05, 3.63) is 53.6 Å². The zero-order valence-corrected chi connectivity index (χ0v) is 18.3. The van der Waals surface area contributed by atoms with E-state index in [4.69, 9.17) is 9.47 Å². The summed E-state index contributed by atoms with van der Waals surface area (Å²) >= 11 is 0. The Bertz CT molecular complexity index is 908. The average molecular weight is 411 g/mol. The normalized spacial score (nSPS) is 17.2. The van der Waals surface area contributed by atoms with Gasteiger partial charge in [0.25, 0.3) is 0 Å². The minimum Gasteiger partial charge on any atom is -0.493 e. The summed E-state index contributed by atoms with van der Waals surface area (Å²) < 4.78 is 10.6. The van der Waals surface area contributed by atoms with Crippen molar-refractivity contribution in [2.75, 3.05) is 25.7 Å². The van der Waals surface area contributed by atoms with Crippen LogP contribution in [0.4, 0.5) is 5.69 Å². The first-order valence-electron chi connectivity index (χ1n) is 10.3. The summed E-state index contributed by atoms with van der Waals surface area (Å²) in [5.41, 5.74) is 3.02. The maximum absolute atomic E-state index is 12.8. The van der Waals surface area contributed by atoms with E-state index in [0.29, 0.717) is 29.6 Å². The molecule has 2 unspecified atom stereocenters. The molecule has 2 aromatic rings. The van der Waals surface area contributed by atoms with Crippen molar-refractivity contribution in [2.24, 2.45) is 5.92 Å². The Labute approximate surface area is 178 Å². The number of nitrogens with one attached hydrogen (secondary N) is 1. The van der Waals surface area contributed by atoms with E-state index in [1.807, 2.05) is 6.92 Å². The Morgan fingerprint density at radius 1 is 1.00 bits per heavy atom. The Hall–Kier alpha value is -3.02. The fraction of sp³-hybridized carbons (Fsp3) is 0.417. The lowest BCUT2D eigenvalue weighted by Crippen LogP contribution is -2.34. The first kappa shape index (κ1) is 21.7. The number of carbonyl (C=O) groups is 2. The third-order valence-corrected chi connectivity index (χ3v) is 5.64. The van der Waals surface area contributed by atoms with Gasteiger partial charge in [-0.05, 0) is 36.1 Å². The van der Waals surface area contributed by atoms with Gasteiger partial charge >= 0.3 is 0 Å². The molecule has 1 aliphatic heterocycles. The highest BCUT2D eigenvalue weighted by molar-refractivity contribution is 6.00. The van der Waals surface area contributed by atoms with Gasteiger partial charge in [0, 0.05) is 24.7 Å². The van der Waals surface area contributed by atoms with Crippen LogP contribution in [0, 0.1) is 5.92 Å². The van der Waals surface area contributed by atoms with Gasteiger partial charge in [-0.2, -0.15) is 0 Å². The standard InChI is InChI=1S/C24H30N2O4/c1-15(2)17-6-8-18(9-7-17)16(3)25-24(28)19-12-23(27)26(14-19)20-10-11-21(29-4)22(13-20)30-5/h6-11,13,15-16,19H,12,14H2,1-5H3,(H,25,28). The lowest BCUT2D eigenvalue weighted by Gasteiger charge is -2.20. The molecule has 160 valence electrons. The van der Waals surface area contributed by atoms with Gasteiger partial charge in [-0.3, -0.25) is 9.59 Å². The molecule has 0 spiro atoms. The van der Waals surface area contributed by atoms with Crippen LogP contribution < -0.4 is 19.7 Å². The molecule has 0 saturated carbocycles. The van der Waals surface area contributed by atoms with Crippen LogP contribution in [0.25, 0.3) is 0 Å². The summed E-state index contributed by atoms with van der Waals surface area (Å²) in [6.07, 6.45) is 0.194. The second-order valence-electron chi connectivity index (χ2n) is 8.00. The molecule has 2 aromatic carbocycles. The molecule has 0 radical (unpaired) electrons. The summed E-state index contributed by atoms with van der Waals surface area (Å²) in [5.74, 6) is 1.05. The van der Waals surface area contributed by atoms with Crippen molar-refractivity contribution in [1.82, 2.24) is 5.32 Å². The topological polar surface area (TPSA) is 67.9 Å². The van der Waals surface area contributed by atoms with Crippen LogP contribution in [0.3, 0.4) is 0 Å². The second-order valence-corrected chi connectivity index (χ2v) is 8.00. The molecular formula is C24H30N2O4. The molecule has 1 saturated heterocycles. The van der Waals surface area contributed by atoms with E-state index in [-0.39, 0.29) is 30.2 Å². The highest BCUT2D eigenvalue weighted by Gasteiger charge is 2.36. The van der Waals surface area contributed by atoms with Crippen molar-refractivity contribution in [3.8, 4) is 11.5 Å². The quantitative estimate of drug-likeness (QED) is 0.748. The third kappa shape index (κ3) is 4.58. The summed E-state index contributed by atoms with van der Waals surface area (Å²) in [7, 11) is 3.12. The number of nitrogens with zero attached hydrogens (tertiary/aromatic N) is 1. The van der Waals surface area contributed by atoms with E-state index >= 15 is 0 Å². The first-order valence-corrected chi connectivity index (χ1v) is 10.3. The van der Waals surface area contributed by atoms with Gasteiger partial charge < -0.3 is 19.7 Å². The highest BCUT2D eigenvalue weighted by Crippen LogP contribution is 2.34. The molecule has 3 rings (SSSR count). The van der Waals surface area contributed by atoms with Gasteiger partial charge in [0.15, 0.2) is 11.5 Å². The van der Waals surface area contributed by atoms with E-state index in [0.717, 1.165) is 5.56 Å². The third-order valence-electron chi connectivity index (χ3n) is 5.64. The maximum atomic E-state index is 12.8. The molecule has 0 bridgehead atoms. The SMILES string of the molecule is COc1ccc(N2CC(C(=O)NC(C)c3ccc(C(C)C)cc3)CC2=O)cc1OC. The van der Waals surface area contributed by atoms with Gasteiger partial charge in [-0.1, -0.05) is 38.1 Å². The number of hydrogen-bond donors (Lipinski definition) is 1. The van der Waals surface area contributed by atoms with Crippen molar-refractivity contribution in [1.29, 1.82) is 0 Å². The van der Waals surface area contributed by atoms with Crippen molar-refractivity contribution >= 4 is 17.5 Å². The second kappa shape index (κ2) is 9.20. The largest absolute Gasteiger partial charge is 0.493 e. The van der Waals surface area contributed by atoms with Gasteiger partial charge in [-0.25, -0.2) is 0 Å². The Kier molecular flexibility index (Phi) is 6.65. The predicted octanol–water partition coefficient (Wildman–Crippen LogP) is 4.06. The Balaban J connectivity index is 1.66. The number of ether oxygens (including phenoxy) is 2. The maximum Gasteiger partial charge on any atom is 0.227 e. The smallest absolute Gasteiger partial charge is 0.227 e. The van der Waals surface area contributed by atoms with Crippen LogP contribution in [-0.2, 0) is 9.59 Å². The number of amides is 2. The minimum atomic E-state index is -0.386. The Morgan fingerprint density at radius 2 is 1.63 bits per heavy atom. The summed E-state index contributed by atoms with van der Waals surface area (Å²) in [4.78, 5) is 27.0. The number of carbonyl (C=O) groups excluding carboxylic acids is 2. The molecule has 2 amide bonds. The van der Waals surface area contributed by atoms with Gasteiger partial charge in [0.05, 0.1) is 26.2 Å². The number of methoxy groups -OCH3 is 2. The zero-order valence-electron chi connectivity index (χ0n) is 18.3. The summed E-state index contributed by atoms with van der Waals surface area (Å²) in [5, 5.41) is 3.06. The highest BCUT2D eigenvalue weighted by atomic mass is 16.5. The van der Waals surface area contributed by atoms with Gasteiger partial charge in [0.1, 0.15) is 0 Å². The molecular weight excluding hydrogens is 380 g/mol. The van der Waals surface area contributed by atoms with Crippen LogP contribution >= 0.6 is 0 Å². The number of anilines is 1. The van der Waals surface area contributed by atoms with Crippen LogP contribution in [0.15, 0.2) is 42.5 Å².